The predicted octanol–water partition coefficient (Wildman–Crippen LogP) is 5.44. The molecule has 2 aliphatic heterocycles. The second-order valence-corrected chi connectivity index (χ2v) is 12.5. The predicted molar refractivity (Wildman–Crippen MR) is 160 cm³/mol. The highest BCUT2D eigenvalue weighted by molar-refractivity contribution is 6.25. The average Bonchev–Trinajstić information content (AvgIpc) is 3.59. The number of rotatable bonds is 8. The van der Waals surface area contributed by atoms with Crippen LogP contribution in [-0.2, 0) is 9.53 Å². The summed E-state index contributed by atoms with van der Waals surface area (Å²) in [6.07, 6.45) is 3.48. The van der Waals surface area contributed by atoms with Crippen molar-refractivity contribution in [3.05, 3.63) is 71.2 Å². The monoisotopic (exact) mass is 631 g/mol. The quantitative estimate of drug-likeness (QED) is 0.220. The summed E-state index contributed by atoms with van der Waals surface area (Å²) in [6.45, 7) is 4.93. The third-order valence-electron chi connectivity index (χ3n) is 9.12. The van der Waals surface area contributed by atoms with Crippen LogP contribution in [0.1, 0.15) is 66.7 Å². The number of carbonyl (C=O) groups excluding carboxylic acids is 2. The topological polar surface area (TPSA) is 70.9 Å². The zero-order chi connectivity index (χ0) is 31.0. The fourth-order valence-corrected chi connectivity index (χ4v) is 7.03. The lowest BCUT2D eigenvalue weighted by Crippen LogP contribution is -2.56. The Bertz CT molecular complexity index is 1440. The van der Waals surface area contributed by atoms with Gasteiger partial charge in [0.2, 0.25) is 5.91 Å². The number of alkyl halides is 4. The number of aromatic nitrogens is 2. The average molecular weight is 632 g/mol. The maximum absolute atomic E-state index is 14.3. The van der Waals surface area contributed by atoms with Crippen LogP contribution < -0.4 is 0 Å². The van der Waals surface area contributed by atoms with E-state index in [9.17, 15) is 22.8 Å². The first-order valence-corrected chi connectivity index (χ1v) is 15.7. The first-order valence-electron chi connectivity index (χ1n) is 15.3. The maximum Gasteiger partial charge on any atom is 0.341 e. The fraction of sp³-hybridized carbons (Fsp3) is 0.531. The number of halogens is 4. The van der Waals surface area contributed by atoms with Gasteiger partial charge in [-0.1, -0.05) is 48.0 Å². The van der Waals surface area contributed by atoms with Crippen molar-refractivity contribution in [2.75, 3.05) is 45.9 Å². The molecular weight excluding hydrogens is 595 g/mol. The molecule has 0 spiro atoms. The molecule has 8 nitrogen and oxygen atoms in total. The number of nitrogens with zero attached hydrogens (tertiary/aromatic N) is 5. The van der Waals surface area contributed by atoms with Gasteiger partial charge in [0.25, 0.3) is 6.43 Å². The van der Waals surface area contributed by atoms with Crippen LogP contribution in [0.4, 0.5) is 13.2 Å². The lowest BCUT2D eigenvalue weighted by molar-refractivity contribution is -0.135. The molecule has 6 rings (SSSR count). The molecule has 1 amide bonds. The normalized spacial score (nSPS) is 27.6. The van der Waals surface area contributed by atoms with Gasteiger partial charge in [0, 0.05) is 57.0 Å². The van der Waals surface area contributed by atoms with Gasteiger partial charge < -0.3 is 14.5 Å². The second kappa shape index (κ2) is 12.6. The lowest BCUT2D eigenvalue weighted by atomic mass is 9.90. The molecule has 2 unspecified atom stereocenters. The molecule has 0 bridgehead atoms. The summed E-state index contributed by atoms with van der Waals surface area (Å²) in [4.78, 5) is 30.3. The Morgan fingerprint density at radius 3 is 2.52 bits per heavy atom. The molecule has 0 radical (unpaired) electrons. The Kier molecular flexibility index (Phi) is 8.79. The number of hydrogen-bond donors (Lipinski definition) is 0. The maximum atomic E-state index is 14.3. The molecule has 44 heavy (non-hydrogen) atoms. The van der Waals surface area contributed by atoms with Gasteiger partial charge in [-0.05, 0) is 37.8 Å². The molecule has 2 saturated heterocycles. The standard InChI is InChI=1S/C32H37ClF3N5O3/c1-2-44-31(43)25-19-37-41(28(25)29(35)36)22-9-6-12-39(20-22)27-18-32(33,11-10-23(27)21-7-4-3-5-8-21)40-15-13-38(14-16-40)30(42)24-17-26(24)34/h3-5,7-8,10-11,19,22,24,26,29H,2,6,9,12-18,20H2,1H3/t22?,24-,26-,32?/m1/s1. The summed E-state index contributed by atoms with van der Waals surface area (Å²) < 4.78 is 48.4. The number of piperidine rings is 1. The molecule has 1 saturated carbocycles. The molecular formula is C32H37ClF3N5O3. The molecule has 2 aliphatic carbocycles. The smallest absolute Gasteiger partial charge is 0.341 e. The van der Waals surface area contributed by atoms with Crippen LogP contribution in [0.25, 0.3) is 5.57 Å². The molecule has 3 heterocycles. The van der Waals surface area contributed by atoms with Gasteiger partial charge in [-0.25, -0.2) is 18.0 Å². The van der Waals surface area contributed by atoms with E-state index in [4.69, 9.17) is 16.3 Å². The summed E-state index contributed by atoms with van der Waals surface area (Å²) in [5, 5.41) is 4.26. The van der Waals surface area contributed by atoms with Crippen molar-refractivity contribution in [3.63, 3.8) is 0 Å². The van der Waals surface area contributed by atoms with E-state index < -0.39 is 35.2 Å². The van der Waals surface area contributed by atoms with Crippen LogP contribution in [0.3, 0.4) is 0 Å². The number of likely N-dealkylation sites (tertiary alicyclic amines) is 1. The summed E-state index contributed by atoms with van der Waals surface area (Å²) in [6, 6.07) is 9.60. The van der Waals surface area contributed by atoms with Crippen LogP contribution in [0.2, 0.25) is 0 Å². The highest BCUT2D eigenvalue weighted by atomic mass is 35.5. The van der Waals surface area contributed by atoms with Gasteiger partial charge >= 0.3 is 5.97 Å². The van der Waals surface area contributed by atoms with E-state index in [0.29, 0.717) is 58.5 Å². The highest BCUT2D eigenvalue weighted by Gasteiger charge is 2.47. The summed E-state index contributed by atoms with van der Waals surface area (Å²) >= 11 is 7.38. The highest BCUT2D eigenvalue weighted by Crippen LogP contribution is 2.43. The molecule has 2 aromatic rings. The molecule has 236 valence electrons. The number of benzene rings is 1. The Labute approximate surface area is 260 Å². The minimum absolute atomic E-state index is 0.0813. The minimum Gasteiger partial charge on any atom is -0.462 e. The number of carbonyl (C=O) groups is 2. The van der Waals surface area contributed by atoms with E-state index in [1.807, 2.05) is 42.5 Å². The molecule has 4 aliphatic rings. The van der Waals surface area contributed by atoms with Gasteiger partial charge in [-0.15, -0.1) is 0 Å². The number of amides is 1. The fourth-order valence-electron chi connectivity index (χ4n) is 6.67. The van der Waals surface area contributed by atoms with Gasteiger partial charge in [-0.2, -0.15) is 5.10 Å². The van der Waals surface area contributed by atoms with Crippen molar-refractivity contribution in [3.8, 4) is 0 Å². The van der Waals surface area contributed by atoms with Crippen LogP contribution in [0, 0.1) is 5.92 Å². The number of hydrogen-bond acceptors (Lipinski definition) is 6. The van der Waals surface area contributed by atoms with Crippen molar-refractivity contribution in [2.24, 2.45) is 5.92 Å². The molecule has 12 heteroatoms. The van der Waals surface area contributed by atoms with Gasteiger partial charge in [0.1, 0.15) is 22.4 Å². The van der Waals surface area contributed by atoms with Crippen molar-refractivity contribution < 1.29 is 27.5 Å². The largest absolute Gasteiger partial charge is 0.462 e. The summed E-state index contributed by atoms with van der Waals surface area (Å²) in [5.41, 5.74) is 2.43. The summed E-state index contributed by atoms with van der Waals surface area (Å²) in [5.74, 6) is -1.41. The van der Waals surface area contributed by atoms with E-state index in [1.54, 1.807) is 11.8 Å². The van der Waals surface area contributed by atoms with Crippen LogP contribution in [0.5, 0.6) is 0 Å². The van der Waals surface area contributed by atoms with Crippen molar-refractivity contribution in [1.29, 1.82) is 0 Å². The molecule has 1 aromatic heterocycles. The van der Waals surface area contributed by atoms with E-state index in [-0.39, 0.29) is 24.1 Å². The Balaban J connectivity index is 1.25. The number of esters is 1. The van der Waals surface area contributed by atoms with Crippen molar-refractivity contribution >= 4 is 29.1 Å². The third kappa shape index (κ3) is 6.00. The zero-order valence-corrected chi connectivity index (χ0v) is 25.4. The SMILES string of the molecule is CCOC(=O)c1cnn(C2CCCN(C3=C(c4ccccc4)C=CC(Cl)(N4CCN(C(=O)[C@@H]5C[C@H]5F)CC4)C3)C2)c1C(F)F. The molecule has 0 N–H and O–H groups in total. The number of piperazine rings is 1. The summed E-state index contributed by atoms with van der Waals surface area (Å²) in [7, 11) is 0. The first-order chi connectivity index (χ1) is 21.2. The van der Waals surface area contributed by atoms with Crippen LogP contribution >= 0.6 is 11.6 Å². The first kappa shape index (κ1) is 30.7. The Morgan fingerprint density at radius 1 is 1.14 bits per heavy atom. The Morgan fingerprint density at radius 2 is 1.86 bits per heavy atom. The van der Waals surface area contributed by atoms with Gasteiger partial charge in [-0.3, -0.25) is 14.4 Å². The van der Waals surface area contributed by atoms with Gasteiger partial charge in [0.15, 0.2) is 0 Å². The van der Waals surface area contributed by atoms with Gasteiger partial charge in [0.05, 0.1) is 24.8 Å². The number of ether oxygens (including phenoxy) is 1. The van der Waals surface area contributed by atoms with E-state index >= 15 is 0 Å². The van der Waals surface area contributed by atoms with Crippen molar-refractivity contribution in [1.82, 2.24) is 24.5 Å². The van der Waals surface area contributed by atoms with Crippen LogP contribution in [-0.4, -0.2) is 93.4 Å². The molecule has 4 atom stereocenters. The van der Waals surface area contributed by atoms with Crippen molar-refractivity contribution in [2.45, 2.75) is 56.2 Å². The molecule has 3 fully saturated rings. The second-order valence-electron chi connectivity index (χ2n) is 11.9. The third-order valence-corrected chi connectivity index (χ3v) is 9.62. The lowest BCUT2D eigenvalue weighted by Gasteiger charge is -2.47. The van der Waals surface area contributed by atoms with E-state index in [2.05, 4.69) is 14.9 Å². The van der Waals surface area contributed by atoms with Crippen LogP contribution in [0.15, 0.2) is 54.4 Å². The van der Waals surface area contributed by atoms with E-state index in [0.717, 1.165) is 23.3 Å². The van der Waals surface area contributed by atoms with E-state index in [1.165, 1.54) is 10.9 Å². The Hall–Kier alpha value is -3.31. The number of allylic oxidation sites excluding steroid dienone is 2. The zero-order valence-electron chi connectivity index (χ0n) is 24.7. The minimum atomic E-state index is -2.89. The molecule has 1 aromatic carbocycles.